The van der Waals surface area contributed by atoms with Crippen molar-refractivity contribution in [3.63, 3.8) is 0 Å². The van der Waals surface area contributed by atoms with Crippen LogP contribution in [0.2, 0.25) is 0 Å². The van der Waals surface area contributed by atoms with Crippen molar-refractivity contribution in [3.05, 3.63) is 24.0 Å². The van der Waals surface area contributed by atoms with Gasteiger partial charge < -0.3 is 14.6 Å². The zero-order valence-corrected chi connectivity index (χ0v) is 14.4. The van der Waals surface area contributed by atoms with Gasteiger partial charge in [-0.05, 0) is 6.08 Å². The van der Waals surface area contributed by atoms with Crippen molar-refractivity contribution in [2.45, 2.75) is 12.6 Å². The molecule has 0 aromatic carbocycles. The monoisotopic (exact) mass is 338 g/mol. The number of aliphatic hydroxyl groups excluding tert-OH is 1. The molecule has 1 fully saturated rings. The minimum absolute atomic E-state index is 0. The molecule has 2 aliphatic rings. The summed E-state index contributed by atoms with van der Waals surface area (Å²) in [7, 11) is -5.02. The second-order valence-electron chi connectivity index (χ2n) is 4.65. The Balaban J connectivity index is 0.00000176. The molecule has 10 nitrogen and oxygen atoms in total. The summed E-state index contributed by atoms with van der Waals surface area (Å²) in [6.45, 7) is 0.260. The average Bonchev–Trinajstić information content (AvgIpc) is 2.97. The van der Waals surface area contributed by atoms with Gasteiger partial charge in [-0.2, -0.15) is 14.4 Å². The molecule has 114 valence electrons. The van der Waals surface area contributed by atoms with Gasteiger partial charge in [-0.25, -0.2) is 17.9 Å². The van der Waals surface area contributed by atoms with E-state index in [0.717, 1.165) is 0 Å². The maximum absolute atomic E-state index is 11.9. The van der Waals surface area contributed by atoms with Crippen LogP contribution in [0.25, 0.3) is 5.70 Å². The summed E-state index contributed by atoms with van der Waals surface area (Å²) in [6, 6.07) is -1.38. The SMILES string of the molecule is O=C1N2CC(n3cc(CO)cn3)=CC(C2)N1OS(=O)(=O)[O-].[Na+]. The fourth-order valence-electron chi connectivity index (χ4n) is 2.32. The Hall–Kier alpha value is -0.950. The van der Waals surface area contributed by atoms with Crippen molar-refractivity contribution < 1.29 is 56.7 Å². The van der Waals surface area contributed by atoms with E-state index in [1.165, 1.54) is 15.8 Å². The van der Waals surface area contributed by atoms with E-state index in [2.05, 4.69) is 9.38 Å². The van der Waals surface area contributed by atoms with Crippen LogP contribution < -0.4 is 29.6 Å². The van der Waals surface area contributed by atoms with E-state index in [0.29, 0.717) is 16.3 Å². The zero-order valence-electron chi connectivity index (χ0n) is 11.6. The molecule has 2 amide bonds. The Morgan fingerprint density at radius 2 is 2.23 bits per heavy atom. The van der Waals surface area contributed by atoms with Gasteiger partial charge in [0.25, 0.3) is 0 Å². The second-order valence-corrected chi connectivity index (χ2v) is 5.61. The molecule has 1 N–H and O–H groups in total. The Morgan fingerprint density at radius 1 is 1.50 bits per heavy atom. The van der Waals surface area contributed by atoms with Crippen LogP contribution in [0.1, 0.15) is 5.56 Å². The quantitative estimate of drug-likeness (QED) is 0.334. The van der Waals surface area contributed by atoms with Crippen molar-refractivity contribution in [1.82, 2.24) is 19.7 Å². The van der Waals surface area contributed by atoms with Gasteiger partial charge in [-0.3, -0.25) is 0 Å². The zero-order chi connectivity index (χ0) is 15.2. The molecule has 0 radical (unpaired) electrons. The molecule has 3 rings (SSSR count). The Kier molecular flexibility index (Phi) is 4.96. The van der Waals surface area contributed by atoms with Crippen LogP contribution >= 0.6 is 0 Å². The topological polar surface area (TPSA) is 128 Å². The van der Waals surface area contributed by atoms with E-state index in [4.69, 9.17) is 5.11 Å². The number of aromatic nitrogens is 2. The van der Waals surface area contributed by atoms with Crippen LogP contribution in [-0.2, 0) is 21.3 Å². The predicted molar refractivity (Wildman–Crippen MR) is 65.8 cm³/mol. The van der Waals surface area contributed by atoms with Gasteiger partial charge in [0.1, 0.15) is 6.04 Å². The largest absolute Gasteiger partial charge is 1.00 e. The first-order valence-corrected chi connectivity index (χ1v) is 7.30. The number of carbonyl (C=O) groups excluding carboxylic acids is 1. The summed E-state index contributed by atoms with van der Waals surface area (Å²) in [5.41, 5.74) is 1.22. The molecule has 3 heterocycles. The van der Waals surface area contributed by atoms with Crippen LogP contribution in [0.5, 0.6) is 0 Å². The number of fused-ring (bicyclic) bond motifs is 2. The number of hydroxylamine groups is 2. The summed E-state index contributed by atoms with van der Waals surface area (Å²) >= 11 is 0. The summed E-state index contributed by atoms with van der Waals surface area (Å²) in [4.78, 5) is 13.3. The third-order valence-electron chi connectivity index (χ3n) is 3.19. The van der Waals surface area contributed by atoms with Gasteiger partial charge in [0.2, 0.25) is 10.4 Å². The van der Waals surface area contributed by atoms with Crippen LogP contribution in [-0.4, -0.2) is 63.0 Å². The van der Waals surface area contributed by atoms with Gasteiger partial charge in [-0.15, -0.1) is 0 Å². The summed E-state index contributed by atoms with van der Waals surface area (Å²) in [5, 5.41) is 13.6. The van der Waals surface area contributed by atoms with Gasteiger partial charge in [0.05, 0.1) is 25.0 Å². The molecule has 1 aromatic rings. The summed E-state index contributed by atoms with van der Waals surface area (Å²) in [6.07, 6.45) is 4.67. The first kappa shape index (κ1) is 17.4. The van der Waals surface area contributed by atoms with Crippen molar-refractivity contribution in [3.8, 4) is 0 Å². The number of nitrogens with zero attached hydrogens (tertiary/aromatic N) is 4. The van der Waals surface area contributed by atoms with E-state index in [1.54, 1.807) is 12.3 Å². The predicted octanol–water partition coefficient (Wildman–Crippen LogP) is -4.27. The third kappa shape index (κ3) is 3.35. The van der Waals surface area contributed by atoms with Gasteiger partial charge >= 0.3 is 35.6 Å². The van der Waals surface area contributed by atoms with E-state index < -0.39 is 22.5 Å². The number of aliphatic hydroxyl groups is 1. The number of carbonyl (C=O) groups is 1. The Bertz CT molecular complexity index is 717. The molecule has 2 aliphatic heterocycles. The number of hydrogen-bond acceptors (Lipinski definition) is 7. The Labute approximate surface area is 148 Å². The molecule has 1 atom stereocenters. The maximum atomic E-state index is 11.9. The molecule has 0 saturated carbocycles. The fourth-order valence-corrected chi connectivity index (χ4v) is 2.69. The van der Waals surface area contributed by atoms with Gasteiger partial charge in [0, 0.05) is 18.3 Å². The Morgan fingerprint density at radius 3 is 2.82 bits per heavy atom. The first-order chi connectivity index (χ1) is 9.87. The van der Waals surface area contributed by atoms with Crippen LogP contribution in [0.4, 0.5) is 4.79 Å². The molecule has 0 aliphatic carbocycles. The van der Waals surface area contributed by atoms with E-state index in [-0.39, 0.29) is 49.3 Å². The first-order valence-electron chi connectivity index (χ1n) is 5.96. The van der Waals surface area contributed by atoms with Crippen molar-refractivity contribution in [2.75, 3.05) is 13.1 Å². The van der Waals surface area contributed by atoms with E-state index in [9.17, 15) is 17.8 Å². The molecule has 22 heavy (non-hydrogen) atoms. The van der Waals surface area contributed by atoms with Crippen LogP contribution in [0, 0.1) is 0 Å². The number of urea groups is 1. The molecule has 0 spiro atoms. The van der Waals surface area contributed by atoms with Gasteiger partial charge in [-0.1, -0.05) is 0 Å². The second kappa shape index (κ2) is 6.28. The van der Waals surface area contributed by atoms with Crippen molar-refractivity contribution in [2.24, 2.45) is 0 Å². The van der Waals surface area contributed by atoms with Crippen molar-refractivity contribution in [1.29, 1.82) is 0 Å². The summed E-state index contributed by atoms with van der Waals surface area (Å²) < 4.78 is 37.6. The molecule has 12 heteroatoms. The molecule has 1 saturated heterocycles. The average molecular weight is 338 g/mol. The summed E-state index contributed by atoms with van der Waals surface area (Å²) in [5.74, 6) is 0. The minimum Gasteiger partial charge on any atom is -0.724 e. The van der Waals surface area contributed by atoms with E-state index >= 15 is 0 Å². The number of hydrogen-bond donors (Lipinski definition) is 1. The molecule has 1 aromatic heterocycles. The molecular weight excluding hydrogens is 327 g/mol. The van der Waals surface area contributed by atoms with Crippen molar-refractivity contribution >= 4 is 22.1 Å². The minimum atomic E-state index is -5.02. The number of rotatable bonds is 4. The number of amides is 2. The van der Waals surface area contributed by atoms with Crippen LogP contribution in [0.15, 0.2) is 18.5 Å². The van der Waals surface area contributed by atoms with Crippen LogP contribution in [0.3, 0.4) is 0 Å². The fraction of sp³-hybridized carbons (Fsp3) is 0.400. The normalized spacial score (nSPS) is 20.9. The smallest absolute Gasteiger partial charge is 0.724 e. The molecule has 1 unspecified atom stereocenters. The molecular formula is C10H11N4NaO6S. The third-order valence-corrected chi connectivity index (χ3v) is 3.53. The van der Waals surface area contributed by atoms with Gasteiger partial charge in [0.15, 0.2) is 0 Å². The van der Waals surface area contributed by atoms with E-state index in [1.807, 2.05) is 0 Å². The molecule has 2 bridgehead atoms. The maximum Gasteiger partial charge on any atom is 1.00 e. The standard InChI is InChI=1S/C10H12N4O6S.Na/c15-6-7-2-11-13(3-7)8-1-9-5-12(4-8)10(16)14(9)20-21(17,18)19;/h1-3,9,15H,4-6H2,(H,17,18,19);/q;+1/p-1.